The molecular weight excluding hydrogens is 326 g/mol. The molecule has 0 aromatic carbocycles. The smallest absolute Gasteiger partial charge is 0.312 e. The molecule has 128 valence electrons. The Kier molecular flexibility index (Phi) is 3.79. The van der Waals surface area contributed by atoms with Gasteiger partial charge in [0, 0.05) is 17.8 Å². The Balaban J connectivity index is 1.70. The van der Waals surface area contributed by atoms with E-state index in [2.05, 4.69) is 9.38 Å². The summed E-state index contributed by atoms with van der Waals surface area (Å²) in [5, 5.41) is 0.484. The first-order chi connectivity index (χ1) is 11.6. The maximum atomic E-state index is 12.5. The zero-order valence-electron chi connectivity index (χ0n) is 13.9. The molecule has 2 aromatic rings. The van der Waals surface area contributed by atoms with E-state index >= 15 is 0 Å². The lowest BCUT2D eigenvalue weighted by Gasteiger charge is -2.40. The summed E-state index contributed by atoms with van der Waals surface area (Å²) in [6, 6.07) is 0. The van der Waals surface area contributed by atoms with E-state index in [9.17, 15) is 4.79 Å². The summed E-state index contributed by atoms with van der Waals surface area (Å²) in [6.07, 6.45) is 12.2. The molecule has 3 aliphatic carbocycles. The molecule has 0 aliphatic heterocycles. The molecule has 3 saturated carbocycles. The maximum Gasteiger partial charge on any atom is 0.312 e. The monoisotopic (exact) mass is 347 g/mol. The zero-order chi connectivity index (χ0) is 16.8. The van der Waals surface area contributed by atoms with E-state index in [4.69, 9.17) is 21.3 Å². The van der Waals surface area contributed by atoms with E-state index < -0.39 is 0 Å². The first-order valence-electron chi connectivity index (χ1n) is 8.76. The predicted octanol–water partition coefficient (Wildman–Crippen LogP) is 3.93. The van der Waals surface area contributed by atoms with Gasteiger partial charge in [-0.15, -0.1) is 0 Å². The number of imidazole rings is 1. The summed E-state index contributed by atoms with van der Waals surface area (Å²) in [4.78, 5) is 21.4. The summed E-state index contributed by atoms with van der Waals surface area (Å²) in [6.45, 7) is 2.34. The third kappa shape index (κ3) is 2.25. The summed E-state index contributed by atoms with van der Waals surface area (Å²) < 4.78 is 7.46. The minimum absolute atomic E-state index is 0.000667. The first-order valence-corrected chi connectivity index (χ1v) is 9.13. The van der Waals surface area contributed by atoms with Crippen molar-refractivity contribution in [2.45, 2.75) is 57.3 Å². The largest absolute Gasteiger partial charge is 0.466 e. The van der Waals surface area contributed by atoms with Crippen molar-refractivity contribution in [1.82, 2.24) is 14.4 Å². The minimum Gasteiger partial charge on any atom is -0.466 e. The van der Waals surface area contributed by atoms with Crippen LogP contribution >= 0.6 is 11.6 Å². The number of rotatable bonds is 3. The van der Waals surface area contributed by atoms with Crippen molar-refractivity contribution >= 4 is 23.1 Å². The van der Waals surface area contributed by atoms with Gasteiger partial charge in [-0.05, 0) is 45.4 Å². The summed E-state index contributed by atoms with van der Waals surface area (Å²) in [5.74, 6) is 1.07. The van der Waals surface area contributed by atoms with E-state index in [0.29, 0.717) is 11.8 Å². The lowest BCUT2D eigenvalue weighted by molar-refractivity contribution is -0.158. The van der Waals surface area contributed by atoms with Crippen molar-refractivity contribution < 1.29 is 9.53 Å². The lowest BCUT2D eigenvalue weighted by atomic mass is 9.64. The number of esters is 1. The third-order valence-electron chi connectivity index (χ3n) is 6.07. The van der Waals surface area contributed by atoms with Crippen molar-refractivity contribution in [3.8, 4) is 0 Å². The average Bonchev–Trinajstić information content (AvgIpc) is 2.83. The maximum absolute atomic E-state index is 12.5. The number of carbonyl (C=O) groups is 1. The highest BCUT2D eigenvalue weighted by Crippen LogP contribution is 2.55. The van der Waals surface area contributed by atoms with Crippen LogP contribution in [0.1, 0.15) is 57.7 Å². The molecule has 0 N–H and O–H groups in total. The highest BCUT2D eigenvalue weighted by Gasteiger charge is 2.52. The molecule has 2 bridgehead atoms. The Morgan fingerprint density at radius 1 is 1.25 bits per heavy atom. The number of hydrogen-bond donors (Lipinski definition) is 0. The van der Waals surface area contributed by atoms with Gasteiger partial charge in [-0.25, -0.2) is 9.97 Å². The quantitative estimate of drug-likeness (QED) is 0.789. The molecule has 5 rings (SSSR count). The number of nitrogens with zero attached hydrogens (tertiary/aromatic N) is 3. The topological polar surface area (TPSA) is 56.5 Å². The molecule has 3 fully saturated rings. The molecule has 3 aliphatic rings. The van der Waals surface area contributed by atoms with Gasteiger partial charge in [-0.3, -0.25) is 9.20 Å². The molecule has 0 unspecified atom stereocenters. The molecule has 0 amide bonds. The molecular formula is C18H22ClN3O2. The highest BCUT2D eigenvalue weighted by atomic mass is 35.5. The van der Waals surface area contributed by atoms with Crippen molar-refractivity contribution in [2.24, 2.45) is 5.41 Å². The standard InChI is InChI=1S/C18H22ClN3O2/c1-2-24-16(23)18-5-3-4-17(6-8-18,7-9-18)15-21-12-13-14(19)20-10-11-22(13)15/h10-12H,2-9H2,1H3. The van der Waals surface area contributed by atoms with E-state index in [1.165, 1.54) is 0 Å². The van der Waals surface area contributed by atoms with Gasteiger partial charge in [0.25, 0.3) is 0 Å². The number of fused-ring (bicyclic) bond motifs is 5. The highest BCUT2D eigenvalue weighted by molar-refractivity contribution is 6.32. The van der Waals surface area contributed by atoms with Gasteiger partial charge in [0.05, 0.1) is 18.2 Å². The van der Waals surface area contributed by atoms with Crippen LogP contribution in [0.5, 0.6) is 0 Å². The number of aromatic nitrogens is 3. The van der Waals surface area contributed by atoms with Crippen LogP contribution in [0.15, 0.2) is 18.6 Å². The van der Waals surface area contributed by atoms with Crippen LogP contribution in [0.2, 0.25) is 5.15 Å². The normalized spacial score (nSPS) is 29.6. The van der Waals surface area contributed by atoms with Crippen molar-refractivity contribution in [3.05, 3.63) is 29.6 Å². The van der Waals surface area contributed by atoms with Gasteiger partial charge in [-0.1, -0.05) is 18.0 Å². The Bertz CT molecular complexity index is 778. The van der Waals surface area contributed by atoms with Crippen molar-refractivity contribution in [3.63, 3.8) is 0 Å². The van der Waals surface area contributed by atoms with Crippen molar-refractivity contribution in [1.29, 1.82) is 0 Å². The van der Waals surface area contributed by atoms with Gasteiger partial charge >= 0.3 is 5.97 Å². The number of ether oxygens (including phenoxy) is 1. The van der Waals surface area contributed by atoms with Crippen LogP contribution < -0.4 is 0 Å². The second-order valence-electron chi connectivity index (χ2n) is 7.19. The van der Waals surface area contributed by atoms with Gasteiger partial charge in [-0.2, -0.15) is 0 Å². The number of hydrogen-bond acceptors (Lipinski definition) is 4. The van der Waals surface area contributed by atoms with Gasteiger partial charge in [0.2, 0.25) is 0 Å². The zero-order valence-corrected chi connectivity index (χ0v) is 14.7. The molecule has 0 spiro atoms. The van der Waals surface area contributed by atoms with Crippen LogP contribution in [0.3, 0.4) is 0 Å². The van der Waals surface area contributed by atoms with Gasteiger partial charge in [0.15, 0.2) is 5.15 Å². The fourth-order valence-electron chi connectivity index (χ4n) is 4.69. The second kappa shape index (κ2) is 5.73. The van der Waals surface area contributed by atoms with Crippen LogP contribution in [0.25, 0.3) is 5.52 Å². The minimum atomic E-state index is -0.276. The molecule has 6 heteroatoms. The molecule has 0 atom stereocenters. The van der Waals surface area contributed by atoms with E-state index in [1.807, 2.05) is 19.3 Å². The molecule has 2 aromatic heterocycles. The lowest BCUT2D eigenvalue weighted by Crippen LogP contribution is -2.40. The summed E-state index contributed by atoms with van der Waals surface area (Å²) in [7, 11) is 0. The first kappa shape index (κ1) is 15.9. The SMILES string of the molecule is CCOC(=O)C12CCCC(c3ncc4c(Cl)nccn34)(CC1)CC2. The average molecular weight is 348 g/mol. The molecule has 0 radical (unpaired) electrons. The summed E-state index contributed by atoms with van der Waals surface area (Å²) >= 11 is 6.21. The number of halogens is 1. The Morgan fingerprint density at radius 3 is 2.79 bits per heavy atom. The Hall–Kier alpha value is -1.62. The van der Waals surface area contributed by atoms with Gasteiger partial charge < -0.3 is 4.74 Å². The third-order valence-corrected chi connectivity index (χ3v) is 6.36. The molecule has 2 heterocycles. The van der Waals surface area contributed by atoms with E-state index in [0.717, 1.165) is 56.3 Å². The molecule has 24 heavy (non-hydrogen) atoms. The van der Waals surface area contributed by atoms with E-state index in [-0.39, 0.29) is 16.8 Å². The summed E-state index contributed by atoms with van der Waals surface area (Å²) in [5.41, 5.74) is 0.612. The van der Waals surface area contributed by atoms with Crippen molar-refractivity contribution in [2.75, 3.05) is 6.61 Å². The second-order valence-corrected chi connectivity index (χ2v) is 7.55. The Labute approximate surface area is 146 Å². The van der Waals surface area contributed by atoms with Crippen LogP contribution in [0, 0.1) is 5.41 Å². The van der Waals surface area contributed by atoms with Crippen LogP contribution in [-0.4, -0.2) is 26.9 Å². The fraction of sp³-hybridized carbons (Fsp3) is 0.611. The fourth-order valence-corrected chi connectivity index (χ4v) is 4.88. The van der Waals surface area contributed by atoms with E-state index in [1.54, 1.807) is 6.20 Å². The van der Waals surface area contributed by atoms with Crippen LogP contribution in [-0.2, 0) is 14.9 Å². The Morgan fingerprint density at radius 2 is 2.04 bits per heavy atom. The van der Waals surface area contributed by atoms with Crippen LogP contribution in [0.4, 0.5) is 0 Å². The number of carbonyl (C=O) groups excluding carboxylic acids is 1. The predicted molar refractivity (Wildman–Crippen MR) is 91.1 cm³/mol. The molecule has 0 saturated heterocycles. The van der Waals surface area contributed by atoms with Gasteiger partial charge in [0.1, 0.15) is 11.3 Å². The molecule has 5 nitrogen and oxygen atoms in total.